The maximum Gasteiger partial charge on any atom is 0.306 e. The molecule has 0 fully saturated rings. The van der Waals surface area contributed by atoms with Crippen LogP contribution in [-0.2, 0) is 42.7 Å². The predicted octanol–water partition coefficient (Wildman–Crippen LogP) is 12.0. The minimum absolute atomic E-state index is 0.104. The van der Waals surface area contributed by atoms with Crippen LogP contribution in [0.15, 0.2) is 24.3 Å². The van der Waals surface area contributed by atoms with Gasteiger partial charge in [0.25, 0.3) is 0 Å². The van der Waals surface area contributed by atoms with Gasteiger partial charge in [0, 0.05) is 23.7 Å². The molecule has 0 heterocycles. The number of phenols is 2. The minimum Gasteiger partial charge on any atom is -0.507 e. The molecule has 300 valence electrons. The summed E-state index contributed by atoms with van der Waals surface area (Å²) in [6, 6.07) is 7.99. The highest BCUT2D eigenvalue weighted by atomic mass is 16.5. The summed E-state index contributed by atoms with van der Waals surface area (Å²) in [4.78, 5) is 25.6. The van der Waals surface area contributed by atoms with Gasteiger partial charge in [0.1, 0.15) is 11.5 Å². The second kappa shape index (κ2) is 19.5. The number of aromatic hydroxyl groups is 2. The van der Waals surface area contributed by atoms with Crippen molar-refractivity contribution >= 4 is 11.9 Å². The van der Waals surface area contributed by atoms with E-state index in [0.29, 0.717) is 62.2 Å². The maximum atomic E-state index is 12.8. The van der Waals surface area contributed by atoms with Gasteiger partial charge < -0.3 is 19.7 Å². The van der Waals surface area contributed by atoms with Crippen molar-refractivity contribution in [2.24, 2.45) is 22.7 Å². The third-order valence-electron chi connectivity index (χ3n) is 11.6. The third-order valence-corrected chi connectivity index (χ3v) is 11.6. The van der Waals surface area contributed by atoms with Crippen LogP contribution in [-0.4, -0.2) is 35.4 Å². The summed E-state index contributed by atoms with van der Waals surface area (Å²) in [6.45, 7) is 30.5. The number of esters is 2. The number of ether oxygens (including phenoxy) is 2. The summed E-state index contributed by atoms with van der Waals surface area (Å²) in [5.74, 6) is 1.27. The molecular weight excluding hydrogens is 661 g/mol. The average molecular weight is 737 g/mol. The van der Waals surface area contributed by atoms with Gasteiger partial charge >= 0.3 is 11.9 Å². The van der Waals surface area contributed by atoms with E-state index in [0.717, 1.165) is 78.3 Å². The molecule has 2 unspecified atom stereocenters. The largest absolute Gasteiger partial charge is 0.507 e. The van der Waals surface area contributed by atoms with Crippen LogP contribution in [0.4, 0.5) is 0 Å². The van der Waals surface area contributed by atoms with Crippen LogP contribution in [0.25, 0.3) is 0 Å². The standard InChI is InChI=1S/C47H76O6/c1-15-36(46(11,12)30-52-40(48)24-22-34-26-32(3)42(50)38(28-34)44(5,6)7)20-18-17-19-21-37(16-2)47(13,14)31-53-41(49)25-23-35-27-33(4)43(51)39(29-35)45(8,9)10/h26-29,36-37,50-51H,15-25,30-31H2,1-14H3. The van der Waals surface area contributed by atoms with Gasteiger partial charge in [-0.2, -0.15) is 0 Å². The molecule has 2 N–H and O–H groups in total. The van der Waals surface area contributed by atoms with Crippen molar-refractivity contribution in [1.82, 2.24) is 0 Å². The summed E-state index contributed by atoms with van der Waals surface area (Å²) in [5, 5.41) is 21.1. The molecule has 2 aromatic carbocycles. The molecule has 2 rings (SSSR count). The van der Waals surface area contributed by atoms with Gasteiger partial charge in [-0.1, -0.05) is 139 Å². The average Bonchev–Trinajstić information content (AvgIpc) is 3.05. The molecule has 53 heavy (non-hydrogen) atoms. The van der Waals surface area contributed by atoms with E-state index >= 15 is 0 Å². The molecule has 0 radical (unpaired) electrons. The maximum absolute atomic E-state index is 12.8. The second-order valence-corrected chi connectivity index (χ2v) is 19.3. The Morgan fingerprint density at radius 3 is 1.23 bits per heavy atom. The Morgan fingerprint density at radius 2 is 0.925 bits per heavy atom. The lowest BCUT2D eigenvalue weighted by Crippen LogP contribution is -2.31. The number of hydrogen-bond donors (Lipinski definition) is 2. The molecule has 0 aliphatic carbocycles. The quantitative estimate of drug-likeness (QED) is 0.104. The number of aryl methyl sites for hydroxylation is 4. The van der Waals surface area contributed by atoms with Crippen LogP contribution in [0.3, 0.4) is 0 Å². The molecule has 0 saturated carbocycles. The van der Waals surface area contributed by atoms with Crippen LogP contribution < -0.4 is 0 Å². The monoisotopic (exact) mass is 737 g/mol. The molecule has 2 atom stereocenters. The molecule has 0 amide bonds. The Hall–Kier alpha value is -3.02. The van der Waals surface area contributed by atoms with E-state index in [1.807, 2.05) is 38.1 Å². The zero-order valence-corrected chi connectivity index (χ0v) is 36.2. The molecule has 0 bridgehead atoms. The molecule has 0 aromatic heterocycles. The lowest BCUT2D eigenvalue weighted by Gasteiger charge is -2.34. The summed E-state index contributed by atoms with van der Waals surface area (Å²) in [5.41, 5.74) is 5.03. The van der Waals surface area contributed by atoms with Gasteiger partial charge in [-0.15, -0.1) is 0 Å². The van der Waals surface area contributed by atoms with Gasteiger partial charge in [-0.3, -0.25) is 9.59 Å². The van der Waals surface area contributed by atoms with Gasteiger partial charge in [-0.05, 0) is 95.6 Å². The Morgan fingerprint density at radius 1 is 0.585 bits per heavy atom. The first kappa shape index (κ1) is 46.1. The molecule has 6 heteroatoms. The number of rotatable bonds is 20. The smallest absolute Gasteiger partial charge is 0.306 e. The Labute approximate surface area is 323 Å². The minimum atomic E-state index is -0.177. The van der Waals surface area contributed by atoms with Crippen molar-refractivity contribution in [3.8, 4) is 11.5 Å². The van der Waals surface area contributed by atoms with Gasteiger partial charge in [0.2, 0.25) is 0 Å². The van der Waals surface area contributed by atoms with Crippen LogP contribution in [0.1, 0.15) is 174 Å². The van der Waals surface area contributed by atoms with E-state index in [-0.39, 0.29) is 33.6 Å². The lowest BCUT2D eigenvalue weighted by atomic mass is 9.74. The highest BCUT2D eigenvalue weighted by Gasteiger charge is 2.31. The fourth-order valence-electron chi connectivity index (χ4n) is 7.80. The van der Waals surface area contributed by atoms with Crippen molar-refractivity contribution in [3.63, 3.8) is 0 Å². The van der Waals surface area contributed by atoms with Crippen molar-refractivity contribution in [2.75, 3.05) is 13.2 Å². The Kier molecular flexibility index (Phi) is 17.0. The van der Waals surface area contributed by atoms with E-state index in [4.69, 9.17) is 9.47 Å². The van der Waals surface area contributed by atoms with E-state index < -0.39 is 0 Å². The fraction of sp³-hybridized carbons (Fsp3) is 0.702. The van der Waals surface area contributed by atoms with Crippen molar-refractivity contribution < 1.29 is 29.3 Å². The number of benzene rings is 2. The highest BCUT2D eigenvalue weighted by Crippen LogP contribution is 2.38. The summed E-state index contributed by atoms with van der Waals surface area (Å²) >= 11 is 0. The van der Waals surface area contributed by atoms with E-state index in [1.54, 1.807) is 0 Å². The normalized spacial score (nSPS) is 13.8. The molecule has 0 saturated heterocycles. The topological polar surface area (TPSA) is 93.1 Å². The number of carbonyl (C=O) groups is 2. The highest BCUT2D eigenvalue weighted by molar-refractivity contribution is 5.70. The van der Waals surface area contributed by atoms with Crippen LogP contribution in [0.5, 0.6) is 11.5 Å². The zero-order chi connectivity index (χ0) is 40.4. The Balaban J connectivity index is 1.78. The summed E-state index contributed by atoms with van der Waals surface area (Å²) in [7, 11) is 0. The first-order valence-corrected chi connectivity index (χ1v) is 20.4. The Bertz CT molecular complexity index is 1370. The predicted molar refractivity (Wildman–Crippen MR) is 220 cm³/mol. The van der Waals surface area contributed by atoms with Gasteiger partial charge in [-0.25, -0.2) is 0 Å². The number of unbranched alkanes of at least 4 members (excludes halogenated alkanes) is 2. The zero-order valence-electron chi connectivity index (χ0n) is 36.2. The van der Waals surface area contributed by atoms with Crippen LogP contribution in [0, 0.1) is 36.5 Å². The first-order valence-electron chi connectivity index (χ1n) is 20.4. The lowest BCUT2D eigenvalue weighted by molar-refractivity contribution is -0.148. The number of phenolic OH excluding ortho intramolecular Hbond substituents is 2. The van der Waals surface area contributed by atoms with Gasteiger partial charge in [0.05, 0.1) is 13.2 Å². The van der Waals surface area contributed by atoms with Crippen LogP contribution >= 0.6 is 0 Å². The van der Waals surface area contributed by atoms with Crippen molar-refractivity contribution in [1.29, 1.82) is 0 Å². The molecule has 0 spiro atoms. The third kappa shape index (κ3) is 14.3. The van der Waals surface area contributed by atoms with Crippen LogP contribution in [0.2, 0.25) is 0 Å². The fourth-order valence-corrected chi connectivity index (χ4v) is 7.80. The molecule has 6 nitrogen and oxygen atoms in total. The SMILES string of the molecule is CCC(CCCCCC(CC)C(C)(C)COC(=O)CCc1cc(C)c(O)c(C(C)(C)C)c1)C(C)(C)COC(=O)CCc1cc(C)c(O)c(C(C)(C)C)c1. The van der Waals surface area contributed by atoms with Gasteiger partial charge in [0.15, 0.2) is 0 Å². The molecule has 0 aliphatic heterocycles. The first-order chi connectivity index (χ1) is 24.4. The molecular formula is C47H76O6. The molecule has 2 aromatic rings. The van der Waals surface area contributed by atoms with E-state index in [1.165, 1.54) is 0 Å². The van der Waals surface area contributed by atoms with E-state index in [2.05, 4.69) is 83.1 Å². The van der Waals surface area contributed by atoms with Crippen molar-refractivity contribution in [2.45, 2.75) is 178 Å². The summed E-state index contributed by atoms with van der Waals surface area (Å²) in [6.07, 6.45) is 9.61. The number of carbonyl (C=O) groups excluding carboxylic acids is 2. The van der Waals surface area contributed by atoms with Crippen molar-refractivity contribution in [3.05, 3.63) is 57.6 Å². The summed E-state index contributed by atoms with van der Waals surface area (Å²) < 4.78 is 11.7. The second-order valence-electron chi connectivity index (χ2n) is 19.3. The molecule has 0 aliphatic rings. The van der Waals surface area contributed by atoms with E-state index in [9.17, 15) is 19.8 Å². The number of hydrogen-bond acceptors (Lipinski definition) is 6.